The van der Waals surface area contributed by atoms with Crippen LogP contribution >= 0.6 is 0 Å². The van der Waals surface area contributed by atoms with Crippen LogP contribution in [-0.4, -0.2) is 25.6 Å². The molecule has 0 spiro atoms. The Morgan fingerprint density at radius 1 is 0.862 bits per heavy atom. The third-order valence-electron chi connectivity index (χ3n) is 4.47. The summed E-state index contributed by atoms with van der Waals surface area (Å²) in [5.41, 5.74) is 2.19. The average Bonchev–Trinajstić information content (AvgIpc) is 2.79. The molecule has 0 saturated heterocycles. The first-order valence-electron chi connectivity index (χ1n) is 9.38. The number of benzene rings is 3. The van der Waals surface area contributed by atoms with Gasteiger partial charge in [0.25, 0.3) is 5.91 Å². The van der Waals surface area contributed by atoms with E-state index in [0.29, 0.717) is 17.5 Å². The van der Waals surface area contributed by atoms with Gasteiger partial charge in [0.15, 0.2) is 6.04 Å². The van der Waals surface area contributed by atoms with Crippen molar-refractivity contribution in [2.24, 2.45) is 0 Å². The molecule has 3 aromatic carbocycles. The second-order valence-electron chi connectivity index (χ2n) is 6.45. The molecule has 0 saturated carbocycles. The minimum Gasteiger partial charge on any atom is -0.497 e. The predicted molar refractivity (Wildman–Crippen MR) is 111 cm³/mol. The zero-order valence-electron chi connectivity index (χ0n) is 16.2. The van der Waals surface area contributed by atoms with Crippen LogP contribution in [0.4, 0.5) is 0 Å². The summed E-state index contributed by atoms with van der Waals surface area (Å²) < 4.78 is 10.6. The standard InChI is InChI=1S/C24H23NO4/c1-28-21-14-12-18(13-15-21)16-17-29-24(27)22(19-8-4-2-5-9-19)25-23(26)20-10-6-3-7-11-20/h2-15,22H,16-17H2,1H3,(H,25,26). The number of carbonyl (C=O) groups excluding carboxylic acids is 2. The zero-order valence-corrected chi connectivity index (χ0v) is 16.2. The lowest BCUT2D eigenvalue weighted by Crippen LogP contribution is -2.35. The van der Waals surface area contributed by atoms with Crippen LogP contribution in [0.25, 0.3) is 0 Å². The van der Waals surface area contributed by atoms with Crippen molar-refractivity contribution in [2.75, 3.05) is 13.7 Å². The minimum atomic E-state index is -0.875. The Labute approximate surface area is 170 Å². The number of nitrogens with one attached hydrogen (secondary N) is 1. The SMILES string of the molecule is COc1ccc(CCOC(=O)C(NC(=O)c2ccccc2)c2ccccc2)cc1. The molecule has 0 heterocycles. The molecule has 0 aliphatic rings. The summed E-state index contributed by atoms with van der Waals surface area (Å²) in [4.78, 5) is 25.3. The van der Waals surface area contributed by atoms with Gasteiger partial charge in [0.2, 0.25) is 0 Å². The van der Waals surface area contributed by atoms with Gasteiger partial charge >= 0.3 is 5.97 Å². The Hall–Kier alpha value is -3.60. The van der Waals surface area contributed by atoms with E-state index in [1.165, 1.54) is 0 Å². The van der Waals surface area contributed by atoms with E-state index in [1.54, 1.807) is 43.5 Å². The van der Waals surface area contributed by atoms with Gasteiger partial charge in [-0.2, -0.15) is 0 Å². The topological polar surface area (TPSA) is 64.6 Å². The Morgan fingerprint density at radius 3 is 2.10 bits per heavy atom. The van der Waals surface area contributed by atoms with Crippen molar-refractivity contribution in [3.63, 3.8) is 0 Å². The second-order valence-corrected chi connectivity index (χ2v) is 6.45. The molecule has 1 amide bonds. The summed E-state index contributed by atoms with van der Waals surface area (Å²) in [5.74, 6) is -0.0425. The van der Waals surface area contributed by atoms with E-state index < -0.39 is 12.0 Å². The molecule has 0 aromatic heterocycles. The highest BCUT2D eigenvalue weighted by molar-refractivity contribution is 5.97. The lowest BCUT2D eigenvalue weighted by Gasteiger charge is -2.18. The van der Waals surface area contributed by atoms with Crippen molar-refractivity contribution in [3.05, 3.63) is 102 Å². The number of amides is 1. The van der Waals surface area contributed by atoms with Crippen molar-refractivity contribution in [1.82, 2.24) is 5.32 Å². The van der Waals surface area contributed by atoms with Crippen molar-refractivity contribution in [3.8, 4) is 5.75 Å². The molecule has 148 valence electrons. The molecular weight excluding hydrogens is 366 g/mol. The smallest absolute Gasteiger partial charge is 0.333 e. The molecule has 5 nitrogen and oxygen atoms in total. The normalized spacial score (nSPS) is 11.3. The Morgan fingerprint density at radius 2 is 1.48 bits per heavy atom. The quantitative estimate of drug-likeness (QED) is 0.593. The van der Waals surface area contributed by atoms with E-state index >= 15 is 0 Å². The third kappa shape index (κ3) is 5.69. The first kappa shape index (κ1) is 20.1. The van der Waals surface area contributed by atoms with E-state index in [2.05, 4.69) is 5.32 Å². The summed E-state index contributed by atoms with van der Waals surface area (Å²) in [6.07, 6.45) is 0.573. The molecule has 29 heavy (non-hydrogen) atoms. The van der Waals surface area contributed by atoms with Crippen LogP contribution in [0.2, 0.25) is 0 Å². The van der Waals surface area contributed by atoms with E-state index in [-0.39, 0.29) is 12.5 Å². The van der Waals surface area contributed by atoms with Crippen molar-refractivity contribution in [2.45, 2.75) is 12.5 Å². The summed E-state index contributed by atoms with van der Waals surface area (Å²) >= 11 is 0. The fourth-order valence-electron chi connectivity index (χ4n) is 2.87. The molecular formula is C24H23NO4. The summed E-state index contributed by atoms with van der Waals surface area (Å²) in [7, 11) is 1.62. The fourth-order valence-corrected chi connectivity index (χ4v) is 2.87. The largest absolute Gasteiger partial charge is 0.497 e. The molecule has 1 N–H and O–H groups in total. The maximum Gasteiger partial charge on any atom is 0.333 e. The summed E-state index contributed by atoms with van der Waals surface area (Å²) in [5, 5.41) is 2.78. The Kier molecular flexibility index (Phi) is 7.00. The van der Waals surface area contributed by atoms with Crippen molar-refractivity contribution in [1.29, 1.82) is 0 Å². The van der Waals surface area contributed by atoms with Crippen LogP contribution in [0.15, 0.2) is 84.9 Å². The van der Waals surface area contributed by atoms with E-state index in [1.807, 2.05) is 48.5 Å². The number of hydrogen-bond acceptors (Lipinski definition) is 4. The summed E-state index contributed by atoms with van der Waals surface area (Å²) in [6.45, 7) is 0.218. The van der Waals surface area contributed by atoms with Crippen LogP contribution in [0.3, 0.4) is 0 Å². The van der Waals surface area contributed by atoms with Gasteiger partial charge in [-0.05, 0) is 35.4 Å². The highest BCUT2D eigenvalue weighted by atomic mass is 16.5. The molecule has 0 aliphatic carbocycles. The van der Waals surface area contributed by atoms with Crippen LogP contribution in [-0.2, 0) is 16.0 Å². The number of carbonyl (C=O) groups is 2. The van der Waals surface area contributed by atoms with E-state index in [4.69, 9.17) is 9.47 Å². The molecule has 0 fully saturated rings. The average molecular weight is 389 g/mol. The predicted octanol–water partition coefficient (Wildman–Crippen LogP) is 3.95. The maximum absolute atomic E-state index is 12.7. The molecule has 3 rings (SSSR count). The summed E-state index contributed by atoms with van der Waals surface area (Å²) in [6, 6.07) is 24.6. The Bertz CT molecular complexity index is 924. The first-order valence-corrected chi connectivity index (χ1v) is 9.38. The number of rotatable bonds is 8. The van der Waals surface area contributed by atoms with Crippen LogP contribution in [0.5, 0.6) is 5.75 Å². The first-order chi connectivity index (χ1) is 14.2. The number of esters is 1. The molecule has 5 heteroatoms. The lowest BCUT2D eigenvalue weighted by molar-refractivity contribution is -0.146. The number of ether oxygens (including phenoxy) is 2. The van der Waals surface area contributed by atoms with Gasteiger partial charge in [0.05, 0.1) is 13.7 Å². The number of hydrogen-bond donors (Lipinski definition) is 1. The molecule has 0 bridgehead atoms. The minimum absolute atomic E-state index is 0.218. The van der Waals surface area contributed by atoms with Gasteiger partial charge < -0.3 is 14.8 Å². The zero-order chi connectivity index (χ0) is 20.5. The highest BCUT2D eigenvalue weighted by Crippen LogP contribution is 2.17. The van der Waals surface area contributed by atoms with E-state index in [9.17, 15) is 9.59 Å². The van der Waals surface area contributed by atoms with Crippen LogP contribution in [0, 0.1) is 0 Å². The van der Waals surface area contributed by atoms with Gasteiger partial charge in [0.1, 0.15) is 5.75 Å². The molecule has 0 radical (unpaired) electrons. The van der Waals surface area contributed by atoms with Gasteiger partial charge in [0, 0.05) is 12.0 Å². The van der Waals surface area contributed by atoms with Gasteiger partial charge in [-0.15, -0.1) is 0 Å². The number of methoxy groups -OCH3 is 1. The van der Waals surface area contributed by atoms with Gasteiger partial charge in [-0.1, -0.05) is 60.7 Å². The maximum atomic E-state index is 12.7. The molecule has 0 aliphatic heterocycles. The van der Waals surface area contributed by atoms with Crippen molar-refractivity contribution >= 4 is 11.9 Å². The Balaban J connectivity index is 1.65. The van der Waals surface area contributed by atoms with Crippen molar-refractivity contribution < 1.29 is 19.1 Å². The van der Waals surface area contributed by atoms with Gasteiger partial charge in [-0.25, -0.2) is 4.79 Å². The van der Waals surface area contributed by atoms with Gasteiger partial charge in [-0.3, -0.25) is 4.79 Å². The molecule has 3 aromatic rings. The van der Waals surface area contributed by atoms with Crippen LogP contribution < -0.4 is 10.1 Å². The van der Waals surface area contributed by atoms with Crippen LogP contribution in [0.1, 0.15) is 27.5 Å². The molecule has 1 atom stereocenters. The third-order valence-corrected chi connectivity index (χ3v) is 4.47. The monoisotopic (exact) mass is 389 g/mol. The highest BCUT2D eigenvalue weighted by Gasteiger charge is 2.24. The van der Waals surface area contributed by atoms with E-state index in [0.717, 1.165) is 11.3 Å². The second kappa shape index (κ2) is 10.1. The fraction of sp³-hybridized carbons (Fsp3) is 0.167. The molecule has 1 unspecified atom stereocenters. The lowest BCUT2D eigenvalue weighted by atomic mass is 10.1.